The Morgan fingerprint density at radius 1 is 1.36 bits per heavy atom. The van der Waals surface area contributed by atoms with Crippen LogP contribution in [-0.4, -0.2) is 10.9 Å². The Morgan fingerprint density at radius 2 is 2.27 bits per heavy atom. The molecular formula is C6H3N3S2. The van der Waals surface area contributed by atoms with Gasteiger partial charge in [-0.15, -0.1) is 21.6 Å². The third-order valence-corrected chi connectivity index (χ3v) is 2.21. The van der Waals surface area contributed by atoms with Crippen LogP contribution in [0.5, 0.6) is 0 Å². The lowest BCUT2D eigenvalue weighted by Crippen LogP contribution is -1.88. The molecule has 0 radical (unpaired) electrons. The van der Waals surface area contributed by atoms with Crippen molar-refractivity contribution in [1.82, 2.24) is 0 Å². The van der Waals surface area contributed by atoms with Gasteiger partial charge >= 0.3 is 0 Å². The summed E-state index contributed by atoms with van der Waals surface area (Å²) >= 11 is 6.30. The first kappa shape index (κ1) is 6.75. The molecule has 5 heteroatoms. The lowest BCUT2D eigenvalue weighted by molar-refractivity contribution is 1.41. The number of amidine groups is 1. The number of nitrogens with zero attached hydrogens (tertiary/aromatic N) is 3. The number of thiocarbonyl (C=S) groups is 1. The van der Waals surface area contributed by atoms with E-state index in [1.54, 1.807) is 11.3 Å². The monoisotopic (exact) mass is 181 g/mol. The van der Waals surface area contributed by atoms with E-state index in [0.29, 0.717) is 10.9 Å². The van der Waals surface area contributed by atoms with Gasteiger partial charge < -0.3 is 0 Å². The second-order valence-corrected chi connectivity index (χ2v) is 3.21. The van der Waals surface area contributed by atoms with Gasteiger partial charge in [0.25, 0.3) is 0 Å². The van der Waals surface area contributed by atoms with Gasteiger partial charge in [-0.2, -0.15) is 4.99 Å². The molecule has 54 valence electrons. The van der Waals surface area contributed by atoms with Gasteiger partial charge in [-0.25, -0.2) is 0 Å². The Bertz CT molecular complexity index is 337. The van der Waals surface area contributed by atoms with Crippen LogP contribution < -0.4 is 0 Å². The molecular weight excluding hydrogens is 178 g/mol. The van der Waals surface area contributed by atoms with Gasteiger partial charge in [-0.05, 0) is 23.7 Å². The minimum atomic E-state index is 0.313. The summed E-state index contributed by atoms with van der Waals surface area (Å²) in [5.41, 5.74) is 0. The van der Waals surface area contributed by atoms with E-state index in [9.17, 15) is 0 Å². The second kappa shape index (κ2) is 2.60. The van der Waals surface area contributed by atoms with Crippen LogP contribution in [0.1, 0.15) is 4.88 Å². The summed E-state index contributed by atoms with van der Waals surface area (Å²) in [6.07, 6.45) is 0. The Labute approximate surface area is 72.5 Å². The fourth-order valence-electron chi connectivity index (χ4n) is 0.736. The standard InChI is InChI=1S/C6H3N3S2/c10-6-7-5(8-9-6)4-2-1-3-11-4/h1-3H. The van der Waals surface area contributed by atoms with E-state index in [4.69, 9.17) is 12.2 Å². The Kier molecular flexibility index (Phi) is 1.59. The van der Waals surface area contributed by atoms with Crippen molar-refractivity contribution < 1.29 is 0 Å². The minimum absolute atomic E-state index is 0.313. The zero-order valence-electron chi connectivity index (χ0n) is 5.39. The number of azo groups is 1. The number of aliphatic imine (C=N–C) groups is 1. The van der Waals surface area contributed by atoms with E-state index in [2.05, 4.69) is 15.2 Å². The van der Waals surface area contributed by atoms with E-state index in [0.717, 1.165) is 4.88 Å². The first-order valence-electron chi connectivity index (χ1n) is 2.94. The van der Waals surface area contributed by atoms with Crippen molar-refractivity contribution in [3.8, 4) is 0 Å². The zero-order chi connectivity index (χ0) is 7.68. The van der Waals surface area contributed by atoms with Gasteiger partial charge in [0.2, 0.25) is 5.11 Å². The molecule has 1 aliphatic heterocycles. The lowest BCUT2D eigenvalue weighted by atomic mass is 10.4. The van der Waals surface area contributed by atoms with Gasteiger partial charge in [0, 0.05) is 0 Å². The fraction of sp³-hybridized carbons (Fsp3) is 0. The van der Waals surface area contributed by atoms with Crippen LogP contribution in [0, 0.1) is 0 Å². The maximum atomic E-state index is 4.73. The molecule has 0 aromatic carbocycles. The SMILES string of the molecule is S=C1N=NC(c2cccs2)=N1. The summed E-state index contributed by atoms with van der Waals surface area (Å²) in [5, 5.41) is 9.72. The predicted molar refractivity (Wildman–Crippen MR) is 48.3 cm³/mol. The van der Waals surface area contributed by atoms with Crippen LogP contribution in [0.3, 0.4) is 0 Å². The lowest BCUT2D eigenvalue weighted by Gasteiger charge is -1.84. The van der Waals surface area contributed by atoms with Gasteiger partial charge in [-0.3, -0.25) is 0 Å². The molecule has 0 aliphatic carbocycles. The van der Waals surface area contributed by atoms with E-state index in [1.807, 2.05) is 17.5 Å². The number of thiophene rings is 1. The first-order valence-corrected chi connectivity index (χ1v) is 4.23. The summed E-state index contributed by atoms with van der Waals surface area (Å²) in [4.78, 5) is 4.96. The molecule has 2 heterocycles. The highest BCUT2D eigenvalue weighted by Crippen LogP contribution is 2.14. The van der Waals surface area contributed by atoms with E-state index in [-0.39, 0.29) is 0 Å². The van der Waals surface area contributed by atoms with Crippen LogP contribution in [0.25, 0.3) is 0 Å². The van der Waals surface area contributed by atoms with Crippen LogP contribution >= 0.6 is 23.6 Å². The zero-order valence-corrected chi connectivity index (χ0v) is 7.02. The molecule has 11 heavy (non-hydrogen) atoms. The van der Waals surface area contributed by atoms with E-state index >= 15 is 0 Å². The second-order valence-electron chi connectivity index (χ2n) is 1.90. The fourth-order valence-corrected chi connectivity index (χ4v) is 1.52. The van der Waals surface area contributed by atoms with Crippen molar-refractivity contribution in [2.45, 2.75) is 0 Å². The first-order chi connectivity index (χ1) is 5.36. The van der Waals surface area contributed by atoms with E-state index < -0.39 is 0 Å². The maximum absolute atomic E-state index is 4.73. The molecule has 0 saturated heterocycles. The van der Waals surface area contributed by atoms with Gasteiger partial charge in [-0.1, -0.05) is 6.07 Å². The highest BCUT2D eigenvalue weighted by atomic mass is 32.1. The number of rotatable bonds is 1. The van der Waals surface area contributed by atoms with Crippen molar-refractivity contribution >= 4 is 34.5 Å². The highest BCUT2D eigenvalue weighted by molar-refractivity contribution is 7.80. The molecule has 0 unspecified atom stereocenters. The number of hydrogen-bond donors (Lipinski definition) is 0. The maximum Gasteiger partial charge on any atom is 0.242 e. The molecule has 1 aliphatic rings. The van der Waals surface area contributed by atoms with Crippen molar-refractivity contribution in [3.63, 3.8) is 0 Å². The van der Waals surface area contributed by atoms with Crippen molar-refractivity contribution in [3.05, 3.63) is 22.4 Å². The molecule has 0 N–H and O–H groups in total. The molecule has 3 nitrogen and oxygen atoms in total. The Morgan fingerprint density at radius 3 is 2.82 bits per heavy atom. The van der Waals surface area contributed by atoms with Crippen LogP contribution in [0.2, 0.25) is 0 Å². The highest BCUT2D eigenvalue weighted by Gasteiger charge is 2.09. The summed E-state index contributed by atoms with van der Waals surface area (Å²) in [5.74, 6) is 0.630. The molecule has 2 rings (SSSR count). The van der Waals surface area contributed by atoms with Crippen molar-refractivity contribution in [2.75, 3.05) is 0 Å². The van der Waals surface area contributed by atoms with Crippen LogP contribution in [0.4, 0.5) is 0 Å². The molecule has 1 aromatic rings. The van der Waals surface area contributed by atoms with Gasteiger partial charge in [0.05, 0.1) is 4.88 Å². The summed E-state index contributed by atoms with van der Waals surface area (Å²) in [6.45, 7) is 0. The van der Waals surface area contributed by atoms with Crippen molar-refractivity contribution in [1.29, 1.82) is 0 Å². The summed E-state index contributed by atoms with van der Waals surface area (Å²) < 4.78 is 0. The average Bonchev–Trinajstić information content (AvgIpc) is 2.55. The minimum Gasteiger partial charge on any atom is -0.194 e. The third-order valence-electron chi connectivity index (χ3n) is 1.17. The third kappa shape index (κ3) is 1.24. The predicted octanol–water partition coefficient (Wildman–Crippen LogP) is 2.25. The summed E-state index contributed by atoms with van der Waals surface area (Å²) in [6, 6.07) is 3.88. The molecule has 0 bridgehead atoms. The molecule has 1 aromatic heterocycles. The van der Waals surface area contributed by atoms with Crippen molar-refractivity contribution in [2.24, 2.45) is 15.2 Å². The molecule has 0 fully saturated rings. The normalized spacial score (nSPS) is 15.6. The Balaban J connectivity index is 2.40. The van der Waals surface area contributed by atoms with Gasteiger partial charge in [0.15, 0.2) is 5.84 Å². The average molecular weight is 181 g/mol. The molecule has 0 spiro atoms. The van der Waals surface area contributed by atoms with Crippen LogP contribution in [-0.2, 0) is 0 Å². The summed E-state index contributed by atoms with van der Waals surface area (Å²) in [7, 11) is 0. The Hall–Kier alpha value is -0.940. The largest absolute Gasteiger partial charge is 0.242 e. The topological polar surface area (TPSA) is 37.1 Å². The van der Waals surface area contributed by atoms with Gasteiger partial charge in [0.1, 0.15) is 0 Å². The quantitative estimate of drug-likeness (QED) is 0.612. The van der Waals surface area contributed by atoms with Crippen LogP contribution in [0.15, 0.2) is 32.7 Å². The van der Waals surface area contributed by atoms with E-state index in [1.165, 1.54) is 0 Å². The molecule has 0 amide bonds. The molecule has 0 saturated carbocycles. The number of hydrogen-bond acceptors (Lipinski definition) is 3. The molecule has 0 atom stereocenters. The smallest absolute Gasteiger partial charge is 0.194 e.